The molecule has 0 aliphatic carbocycles. The molecule has 1 rings (SSSR count). The Morgan fingerprint density at radius 1 is 1.25 bits per heavy atom. The smallest absolute Gasteiger partial charge is 0.236 e. The first-order valence-corrected chi connectivity index (χ1v) is 7.78. The average Bonchev–Trinajstić information content (AvgIpc) is 2.47. The maximum Gasteiger partial charge on any atom is 0.236 e. The highest BCUT2D eigenvalue weighted by molar-refractivity contribution is 7.81. The van der Waals surface area contributed by atoms with E-state index in [1.54, 1.807) is 4.90 Å². The maximum absolute atomic E-state index is 12.5. The van der Waals surface area contributed by atoms with Crippen molar-refractivity contribution in [3.05, 3.63) is 35.9 Å². The predicted octanol–water partition coefficient (Wildman–Crippen LogP) is 2.54. The maximum atomic E-state index is 12.5. The lowest BCUT2D eigenvalue weighted by molar-refractivity contribution is -0.133. The van der Waals surface area contributed by atoms with E-state index in [1.807, 2.05) is 30.3 Å². The molecular weight excluding hydrogens is 270 g/mol. The monoisotopic (exact) mass is 295 g/mol. The Morgan fingerprint density at radius 3 is 2.35 bits per heavy atom. The Bertz CT molecular complexity index is 393. The number of aliphatic hydroxyl groups is 1. The van der Waals surface area contributed by atoms with Crippen LogP contribution in [0.5, 0.6) is 0 Å². The number of carbonyl (C=O) groups is 1. The summed E-state index contributed by atoms with van der Waals surface area (Å²) < 4.78 is 0. The predicted molar refractivity (Wildman–Crippen MR) is 86.1 cm³/mol. The minimum atomic E-state index is -0.357. The van der Waals surface area contributed by atoms with Gasteiger partial charge in [0.1, 0.15) is 0 Å². The second-order valence-electron chi connectivity index (χ2n) is 4.93. The Kier molecular flexibility index (Phi) is 7.70. The van der Waals surface area contributed by atoms with Gasteiger partial charge in [0.2, 0.25) is 5.91 Å². The van der Waals surface area contributed by atoms with E-state index < -0.39 is 0 Å². The summed E-state index contributed by atoms with van der Waals surface area (Å²) in [6.07, 6.45) is 2.41. The van der Waals surface area contributed by atoms with E-state index in [-0.39, 0.29) is 23.8 Å². The third kappa shape index (κ3) is 4.84. The summed E-state index contributed by atoms with van der Waals surface area (Å²) in [7, 11) is 0. The molecule has 1 aromatic rings. The number of amides is 1. The van der Waals surface area contributed by atoms with Crippen molar-refractivity contribution in [2.24, 2.45) is 0 Å². The highest BCUT2D eigenvalue weighted by Crippen LogP contribution is 2.15. The lowest BCUT2D eigenvalue weighted by atomic mass is 10.1. The van der Waals surface area contributed by atoms with Crippen LogP contribution in [0.1, 0.15) is 32.3 Å². The van der Waals surface area contributed by atoms with Crippen molar-refractivity contribution >= 4 is 18.5 Å². The molecule has 1 amide bonds. The van der Waals surface area contributed by atoms with Gasteiger partial charge in [0.05, 0.1) is 11.9 Å². The third-order valence-electron chi connectivity index (χ3n) is 3.56. The van der Waals surface area contributed by atoms with Crippen LogP contribution in [0.15, 0.2) is 30.3 Å². The number of hydrogen-bond donors (Lipinski definition) is 2. The first-order chi connectivity index (χ1) is 9.63. The third-order valence-corrected chi connectivity index (χ3v) is 3.97. The fourth-order valence-corrected chi connectivity index (χ4v) is 2.79. The number of rotatable bonds is 8. The van der Waals surface area contributed by atoms with Gasteiger partial charge >= 0.3 is 0 Å². The molecule has 3 nitrogen and oxygen atoms in total. The van der Waals surface area contributed by atoms with Gasteiger partial charge in [-0.15, -0.1) is 0 Å². The van der Waals surface area contributed by atoms with E-state index in [0.29, 0.717) is 13.0 Å². The van der Waals surface area contributed by atoms with Crippen LogP contribution in [-0.2, 0) is 11.2 Å². The van der Waals surface area contributed by atoms with Crippen molar-refractivity contribution in [1.82, 2.24) is 4.90 Å². The summed E-state index contributed by atoms with van der Waals surface area (Å²) >= 11 is 4.47. The first-order valence-electron chi connectivity index (χ1n) is 7.27. The van der Waals surface area contributed by atoms with Gasteiger partial charge in [-0.2, -0.15) is 12.6 Å². The van der Waals surface area contributed by atoms with E-state index in [4.69, 9.17) is 0 Å². The summed E-state index contributed by atoms with van der Waals surface area (Å²) in [6, 6.07) is 10.1. The minimum Gasteiger partial charge on any atom is -0.395 e. The van der Waals surface area contributed by atoms with Crippen LogP contribution >= 0.6 is 12.6 Å². The van der Waals surface area contributed by atoms with Crippen molar-refractivity contribution in [3.63, 3.8) is 0 Å². The second kappa shape index (κ2) is 9.03. The van der Waals surface area contributed by atoms with Gasteiger partial charge < -0.3 is 10.0 Å². The van der Waals surface area contributed by atoms with Crippen molar-refractivity contribution < 1.29 is 9.90 Å². The first kappa shape index (κ1) is 17.1. The zero-order valence-corrected chi connectivity index (χ0v) is 13.2. The van der Waals surface area contributed by atoms with Crippen molar-refractivity contribution in [1.29, 1.82) is 0 Å². The van der Waals surface area contributed by atoms with E-state index in [1.165, 1.54) is 0 Å². The van der Waals surface area contributed by atoms with Crippen LogP contribution in [0.2, 0.25) is 0 Å². The molecule has 1 atom stereocenters. The molecule has 0 aliphatic heterocycles. The lowest BCUT2D eigenvalue weighted by Crippen LogP contribution is -2.45. The molecule has 0 radical (unpaired) electrons. The van der Waals surface area contributed by atoms with Crippen LogP contribution in [0.3, 0.4) is 0 Å². The molecule has 112 valence electrons. The van der Waals surface area contributed by atoms with Gasteiger partial charge in [-0.3, -0.25) is 4.79 Å². The normalized spacial score (nSPS) is 12.4. The molecule has 0 aliphatic rings. The fraction of sp³-hybridized carbons (Fsp3) is 0.562. The Hall–Kier alpha value is -1.00. The Balaban J connectivity index is 2.73. The van der Waals surface area contributed by atoms with Crippen LogP contribution in [-0.4, -0.2) is 40.4 Å². The summed E-state index contributed by atoms with van der Waals surface area (Å²) in [5, 5.41) is 8.82. The van der Waals surface area contributed by atoms with Crippen LogP contribution in [0, 0.1) is 0 Å². The summed E-state index contributed by atoms with van der Waals surface area (Å²) in [6.45, 7) is 4.51. The van der Waals surface area contributed by atoms with Gasteiger partial charge in [-0.25, -0.2) is 0 Å². The zero-order valence-electron chi connectivity index (χ0n) is 12.3. The number of thiol groups is 1. The van der Waals surface area contributed by atoms with Gasteiger partial charge in [-0.1, -0.05) is 44.2 Å². The Labute approximate surface area is 127 Å². The molecule has 20 heavy (non-hydrogen) atoms. The lowest BCUT2D eigenvalue weighted by Gasteiger charge is -2.32. The van der Waals surface area contributed by atoms with Gasteiger partial charge in [-0.05, 0) is 24.8 Å². The van der Waals surface area contributed by atoms with Crippen molar-refractivity contribution in [3.8, 4) is 0 Å². The molecule has 0 fully saturated rings. The fourth-order valence-electron chi connectivity index (χ4n) is 2.43. The van der Waals surface area contributed by atoms with E-state index >= 15 is 0 Å². The van der Waals surface area contributed by atoms with Crippen molar-refractivity contribution in [2.75, 3.05) is 13.2 Å². The van der Waals surface area contributed by atoms with Crippen molar-refractivity contribution in [2.45, 2.75) is 44.4 Å². The molecule has 0 saturated carbocycles. The summed E-state index contributed by atoms with van der Waals surface area (Å²) in [5.74, 6) is 0.0138. The molecule has 0 heterocycles. The molecule has 0 bridgehead atoms. The van der Waals surface area contributed by atoms with E-state index in [9.17, 15) is 9.90 Å². The highest BCUT2D eigenvalue weighted by atomic mass is 32.1. The van der Waals surface area contributed by atoms with E-state index in [2.05, 4.69) is 26.5 Å². The number of carbonyl (C=O) groups excluding carboxylic acids is 1. The molecule has 1 aromatic carbocycles. The second-order valence-corrected chi connectivity index (χ2v) is 5.55. The molecule has 0 aromatic heterocycles. The molecule has 1 N–H and O–H groups in total. The number of hydrogen-bond acceptors (Lipinski definition) is 3. The average molecular weight is 295 g/mol. The van der Waals surface area contributed by atoms with Crippen LogP contribution < -0.4 is 0 Å². The molecule has 0 saturated heterocycles. The van der Waals surface area contributed by atoms with Gasteiger partial charge in [0, 0.05) is 12.6 Å². The highest BCUT2D eigenvalue weighted by Gasteiger charge is 2.25. The number of aliphatic hydroxyl groups excluding tert-OH is 1. The van der Waals surface area contributed by atoms with Gasteiger partial charge in [0.25, 0.3) is 0 Å². The van der Waals surface area contributed by atoms with Gasteiger partial charge in [0.15, 0.2) is 0 Å². The molecule has 0 spiro atoms. The van der Waals surface area contributed by atoms with Crippen LogP contribution in [0.25, 0.3) is 0 Å². The standard InChI is InChI=1S/C16H25NO2S/c1-3-14(4-2)17(10-11-18)16(19)15(20)12-13-8-6-5-7-9-13/h5-9,14-15,18,20H,3-4,10-12H2,1-2H3. The summed E-state index contributed by atoms with van der Waals surface area (Å²) in [4.78, 5) is 14.3. The largest absolute Gasteiger partial charge is 0.395 e. The Morgan fingerprint density at radius 2 is 1.85 bits per heavy atom. The number of nitrogens with zero attached hydrogens (tertiary/aromatic N) is 1. The van der Waals surface area contributed by atoms with Crippen LogP contribution in [0.4, 0.5) is 0 Å². The van der Waals surface area contributed by atoms with E-state index in [0.717, 1.165) is 18.4 Å². The number of benzene rings is 1. The molecule has 4 heteroatoms. The summed E-state index contributed by atoms with van der Waals surface area (Å²) in [5.41, 5.74) is 1.11. The molecular formula is C16H25NO2S. The molecule has 1 unspecified atom stereocenters. The SMILES string of the molecule is CCC(CC)N(CCO)C(=O)C(S)Cc1ccccc1. The zero-order chi connectivity index (χ0) is 15.0. The minimum absolute atomic E-state index is 0.00588. The topological polar surface area (TPSA) is 40.5 Å². The quantitative estimate of drug-likeness (QED) is 0.724.